The van der Waals surface area contributed by atoms with Crippen LogP contribution in [0.25, 0.3) is 0 Å². The molecule has 1 atom stereocenters. The zero-order valence-electron chi connectivity index (χ0n) is 14.7. The Hall–Kier alpha value is -3.22. The summed E-state index contributed by atoms with van der Waals surface area (Å²) in [6.07, 6.45) is 0.792. The molecule has 0 spiro atoms. The van der Waals surface area contributed by atoms with E-state index in [4.69, 9.17) is 4.74 Å². The molecule has 0 unspecified atom stereocenters. The number of hydrogen-bond donors (Lipinski definition) is 2. The van der Waals surface area contributed by atoms with Gasteiger partial charge >= 0.3 is 5.97 Å². The number of esters is 1. The van der Waals surface area contributed by atoms with E-state index in [1.54, 1.807) is 36.4 Å². The molecule has 1 amide bonds. The fraction of sp³-hybridized carbons (Fsp3) is 0.263. The Morgan fingerprint density at radius 2 is 1.81 bits per heavy atom. The second kappa shape index (κ2) is 9.31. The van der Waals surface area contributed by atoms with E-state index in [0.29, 0.717) is 11.4 Å². The van der Waals surface area contributed by atoms with Gasteiger partial charge in [-0.1, -0.05) is 19.1 Å². The van der Waals surface area contributed by atoms with Gasteiger partial charge < -0.3 is 15.2 Å². The van der Waals surface area contributed by atoms with Crippen molar-refractivity contribution in [3.05, 3.63) is 54.1 Å². The van der Waals surface area contributed by atoms with Gasteiger partial charge in [-0.15, -0.1) is 5.11 Å². The molecule has 2 aromatic rings. The lowest BCUT2D eigenvalue weighted by molar-refractivity contribution is -0.124. The second-order valence-electron chi connectivity index (χ2n) is 5.69. The number of amides is 1. The minimum atomic E-state index is -0.649. The smallest absolute Gasteiger partial charge is 0.340 e. The summed E-state index contributed by atoms with van der Waals surface area (Å²) in [6, 6.07) is 12.8. The molecular formula is C19H21N3O4. The number of nitrogens with one attached hydrogen (secondary N) is 1. The summed E-state index contributed by atoms with van der Waals surface area (Å²) in [5.74, 6) is -0.871. The van der Waals surface area contributed by atoms with Gasteiger partial charge in [0.25, 0.3) is 5.91 Å². The maximum absolute atomic E-state index is 12.2. The Labute approximate surface area is 151 Å². The molecule has 0 aliphatic heterocycles. The van der Waals surface area contributed by atoms with E-state index in [0.717, 1.165) is 6.42 Å². The minimum Gasteiger partial charge on any atom is -0.508 e. The van der Waals surface area contributed by atoms with Crippen LogP contribution in [0, 0.1) is 0 Å². The van der Waals surface area contributed by atoms with Gasteiger partial charge in [-0.05, 0) is 49.7 Å². The van der Waals surface area contributed by atoms with E-state index < -0.39 is 5.97 Å². The summed E-state index contributed by atoms with van der Waals surface area (Å²) in [6.45, 7) is 3.47. The average molecular weight is 355 g/mol. The second-order valence-corrected chi connectivity index (χ2v) is 5.69. The lowest BCUT2D eigenvalue weighted by Gasteiger charge is -2.11. The van der Waals surface area contributed by atoms with Gasteiger partial charge in [0.05, 0.1) is 11.3 Å². The number of carbonyl (C=O) groups excluding carboxylic acids is 2. The highest BCUT2D eigenvalue weighted by molar-refractivity contribution is 5.96. The Balaban J connectivity index is 2.04. The lowest BCUT2D eigenvalue weighted by atomic mass is 10.2. The summed E-state index contributed by atoms with van der Waals surface area (Å²) in [7, 11) is 0. The molecule has 26 heavy (non-hydrogen) atoms. The Morgan fingerprint density at radius 3 is 2.50 bits per heavy atom. The first-order valence-electron chi connectivity index (χ1n) is 8.26. The number of phenolic OH excluding ortho intramolecular Hbond substituents is 1. The van der Waals surface area contributed by atoms with Crippen molar-refractivity contribution >= 4 is 23.3 Å². The molecule has 0 saturated heterocycles. The predicted molar refractivity (Wildman–Crippen MR) is 96.9 cm³/mol. The van der Waals surface area contributed by atoms with Crippen molar-refractivity contribution in [2.75, 3.05) is 6.61 Å². The molecule has 0 bridgehead atoms. The van der Waals surface area contributed by atoms with Gasteiger partial charge in [-0.2, -0.15) is 5.11 Å². The van der Waals surface area contributed by atoms with Crippen molar-refractivity contribution in [2.45, 2.75) is 26.3 Å². The molecule has 0 heterocycles. The SMILES string of the molecule is CC[C@@H](C)NC(=O)COC(=O)c1ccccc1N=Nc1ccc(O)cc1. The molecule has 0 radical (unpaired) electrons. The largest absolute Gasteiger partial charge is 0.508 e. The quantitative estimate of drug-likeness (QED) is 0.581. The van der Waals surface area contributed by atoms with Crippen LogP contribution in [0.5, 0.6) is 5.75 Å². The van der Waals surface area contributed by atoms with Gasteiger partial charge in [0.2, 0.25) is 0 Å². The van der Waals surface area contributed by atoms with Crippen LogP contribution in [0.3, 0.4) is 0 Å². The number of benzene rings is 2. The molecule has 2 aromatic carbocycles. The van der Waals surface area contributed by atoms with Gasteiger partial charge in [0.1, 0.15) is 11.4 Å². The van der Waals surface area contributed by atoms with Crippen molar-refractivity contribution in [1.29, 1.82) is 0 Å². The number of rotatable bonds is 7. The number of carbonyl (C=O) groups is 2. The van der Waals surface area contributed by atoms with Crippen LogP contribution in [0.4, 0.5) is 11.4 Å². The predicted octanol–water partition coefficient (Wildman–Crippen LogP) is 3.88. The van der Waals surface area contributed by atoms with E-state index in [-0.39, 0.29) is 29.9 Å². The van der Waals surface area contributed by atoms with Crippen molar-refractivity contribution in [3.8, 4) is 5.75 Å². The number of nitrogens with zero attached hydrogens (tertiary/aromatic N) is 2. The molecule has 7 nitrogen and oxygen atoms in total. The Bertz CT molecular complexity index is 788. The van der Waals surface area contributed by atoms with Gasteiger partial charge in [0.15, 0.2) is 6.61 Å². The van der Waals surface area contributed by atoms with Crippen molar-refractivity contribution in [1.82, 2.24) is 5.32 Å². The molecule has 0 fully saturated rings. The van der Waals surface area contributed by atoms with Crippen LogP contribution < -0.4 is 5.32 Å². The van der Waals surface area contributed by atoms with Crippen LogP contribution in [0.15, 0.2) is 58.8 Å². The molecule has 0 aliphatic rings. The van der Waals surface area contributed by atoms with Crippen LogP contribution in [0.2, 0.25) is 0 Å². The highest BCUT2D eigenvalue weighted by Crippen LogP contribution is 2.24. The van der Waals surface area contributed by atoms with Crippen LogP contribution in [-0.4, -0.2) is 29.6 Å². The standard InChI is InChI=1S/C19H21N3O4/c1-3-13(2)20-18(24)12-26-19(25)16-6-4-5-7-17(16)22-21-14-8-10-15(23)11-9-14/h4-11,13,23H,3,12H2,1-2H3,(H,20,24)/t13-/m1/s1. The molecule has 0 aliphatic carbocycles. The molecule has 2 N–H and O–H groups in total. The van der Waals surface area contributed by atoms with E-state index >= 15 is 0 Å². The Morgan fingerprint density at radius 1 is 1.12 bits per heavy atom. The molecular weight excluding hydrogens is 334 g/mol. The highest BCUT2D eigenvalue weighted by Gasteiger charge is 2.15. The number of phenols is 1. The fourth-order valence-electron chi connectivity index (χ4n) is 1.99. The van der Waals surface area contributed by atoms with Crippen molar-refractivity contribution < 1.29 is 19.4 Å². The zero-order valence-corrected chi connectivity index (χ0v) is 14.7. The molecule has 0 saturated carbocycles. The average Bonchev–Trinajstić information content (AvgIpc) is 2.65. The third-order valence-electron chi connectivity index (χ3n) is 3.60. The van der Waals surface area contributed by atoms with Crippen molar-refractivity contribution in [3.63, 3.8) is 0 Å². The summed E-state index contributed by atoms with van der Waals surface area (Å²) in [5.41, 5.74) is 1.07. The summed E-state index contributed by atoms with van der Waals surface area (Å²) >= 11 is 0. The zero-order chi connectivity index (χ0) is 18.9. The molecule has 0 aromatic heterocycles. The van der Waals surface area contributed by atoms with Crippen LogP contribution >= 0.6 is 0 Å². The van der Waals surface area contributed by atoms with E-state index in [1.165, 1.54) is 12.1 Å². The highest BCUT2D eigenvalue weighted by atomic mass is 16.5. The molecule has 136 valence electrons. The molecule has 2 rings (SSSR count). The van der Waals surface area contributed by atoms with Gasteiger partial charge in [0, 0.05) is 6.04 Å². The number of azo groups is 1. The third-order valence-corrected chi connectivity index (χ3v) is 3.60. The summed E-state index contributed by atoms with van der Waals surface area (Å²) < 4.78 is 5.06. The number of aromatic hydroxyl groups is 1. The monoisotopic (exact) mass is 355 g/mol. The minimum absolute atomic E-state index is 0.0209. The van der Waals surface area contributed by atoms with E-state index in [1.807, 2.05) is 13.8 Å². The summed E-state index contributed by atoms with van der Waals surface area (Å²) in [4.78, 5) is 24.0. The number of ether oxygens (including phenoxy) is 1. The van der Waals surface area contributed by atoms with E-state index in [9.17, 15) is 14.7 Å². The normalized spacial score (nSPS) is 11.9. The van der Waals surface area contributed by atoms with Crippen LogP contribution in [-0.2, 0) is 9.53 Å². The topological polar surface area (TPSA) is 100 Å². The first-order valence-corrected chi connectivity index (χ1v) is 8.26. The first kappa shape index (κ1) is 19.1. The van der Waals surface area contributed by atoms with E-state index in [2.05, 4.69) is 15.5 Å². The first-order chi connectivity index (χ1) is 12.5. The number of hydrogen-bond acceptors (Lipinski definition) is 6. The van der Waals surface area contributed by atoms with Crippen LogP contribution in [0.1, 0.15) is 30.6 Å². The van der Waals surface area contributed by atoms with Gasteiger partial charge in [-0.25, -0.2) is 4.79 Å². The fourth-order valence-corrected chi connectivity index (χ4v) is 1.99. The summed E-state index contributed by atoms with van der Waals surface area (Å²) in [5, 5.41) is 20.1. The lowest BCUT2D eigenvalue weighted by Crippen LogP contribution is -2.35. The Kier molecular flexibility index (Phi) is 6.84. The van der Waals surface area contributed by atoms with Crippen molar-refractivity contribution in [2.24, 2.45) is 10.2 Å². The van der Waals surface area contributed by atoms with Gasteiger partial charge in [-0.3, -0.25) is 4.79 Å². The maximum atomic E-state index is 12.2. The third kappa shape index (κ3) is 5.70. The molecule has 7 heteroatoms. The maximum Gasteiger partial charge on any atom is 0.340 e.